The van der Waals surface area contributed by atoms with Gasteiger partial charge < -0.3 is 9.47 Å². The molecular weight excluding hydrogens is 280 g/mol. The smallest absolute Gasteiger partial charge is 0.307 e. The van der Waals surface area contributed by atoms with Crippen molar-refractivity contribution in [2.45, 2.75) is 65.9 Å². The second-order valence-corrected chi connectivity index (χ2v) is 5.38. The molecule has 0 aromatic heterocycles. The van der Waals surface area contributed by atoms with E-state index in [1.807, 2.05) is 13.8 Å². The van der Waals surface area contributed by atoms with Gasteiger partial charge in [0.1, 0.15) is 0 Å². The predicted octanol–water partition coefficient (Wildman–Crippen LogP) is 3.65. The largest absolute Gasteiger partial charge is 0.466 e. The van der Waals surface area contributed by atoms with Crippen molar-refractivity contribution in [1.29, 1.82) is 0 Å². The molecule has 2 unspecified atom stereocenters. The van der Waals surface area contributed by atoms with Crippen molar-refractivity contribution in [3.05, 3.63) is 12.2 Å². The van der Waals surface area contributed by atoms with E-state index in [1.54, 1.807) is 6.92 Å². The second-order valence-electron chi connectivity index (χ2n) is 5.38. The Labute approximate surface area is 134 Å². The van der Waals surface area contributed by atoms with Crippen LogP contribution in [0.1, 0.15) is 59.8 Å². The maximum absolute atomic E-state index is 11.9. The lowest BCUT2D eigenvalue weighted by Gasteiger charge is -2.19. The van der Waals surface area contributed by atoms with Crippen molar-refractivity contribution in [1.82, 2.24) is 0 Å². The molecule has 0 bridgehead atoms. The third-order valence-electron chi connectivity index (χ3n) is 3.01. The standard InChI is InChI=1S/C18H28O4/c1-6-9-15(5)16(13-12-14(3)4)22-18(20)11-8-10-17(19)21-7-2/h15-16H,3,6-11H2,1-2,4-5H3. The van der Waals surface area contributed by atoms with Crippen LogP contribution in [0.2, 0.25) is 0 Å². The molecule has 0 radical (unpaired) electrons. The van der Waals surface area contributed by atoms with E-state index in [4.69, 9.17) is 9.47 Å². The summed E-state index contributed by atoms with van der Waals surface area (Å²) in [4.78, 5) is 23.1. The highest BCUT2D eigenvalue weighted by Crippen LogP contribution is 2.15. The fourth-order valence-electron chi connectivity index (χ4n) is 1.90. The lowest BCUT2D eigenvalue weighted by atomic mass is 9.99. The van der Waals surface area contributed by atoms with Gasteiger partial charge in [0.25, 0.3) is 0 Å². The molecule has 4 heteroatoms. The summed E-state index contributed by atoms with van der Waals surface area (Å²) >= 11 is 0. The summed E-state index contributed by atoms with van der Waals surface area (Å²) in [6, 6.07) is 0. The van der Waals surface area contributed by atoms with Crippen LogP contribution in [0.4, 0.5) is 0 Å². The monoisotopic (exact) mass is 308 g/mol. The second kappa shape index (κ2) is 11.9. The minimum absolute atomic E-state index is 0.172. The lowest BCUT2D eigenvalue weighted by molar-refractivity contribution is -0.149. The zero-order valence-corrected chi connectivity index (χ0v) is 14.2. The highest BCUT2D eigenvalue weighted by molar-refractivity contribution is 5.72. The molecule has 0 aliphatic rings. The molecule has 0 saturated carbocycles. The molecule has 0 amide bonds. The molecule has 0 N–H and O–H groups in total. The Morgan fingerprint density at radius 1 is 1.18 bits per heavy atom. The van der Waals surface area contributed by atoms with Crippen molar-refractivity contribution >= 4 is 11.9 Å². The average molecular weight is 308 g/mol. The number of rotatable bonds is 9. The number of hydrogen-bond acceptors (Lipinski definition) is 4. The molecule has 0 fully saturated rings. The summed E-state index contributed by atoms with van der Waals surface area (Å²) in [7, 11) is 0. The van der Waals surface area contributed by atoms with E-state index < -0.39 is 6.10 Å². The van der Waals surface area contributed by atoms with Gasteiger partial charge in [0.05, 0.1) is 6.61 Å². The van der Waals surface area contributed by atoms with Gasteiger partial charge in [-0.15, -0.1) is 0 Å². The van der Waals surface area contributed by atoms with Gasteiger partial charge in [-0.3, -0.25) is 9.59 Å². The lowest BCUT2D eigenvalue weighted by Crippen LogP contribution is -2.24. The Hall–Kier alpha value is -1.76. The zero-order chi connectivity index (χ0) is 17.0. The Bertz CT molecular complexity index is 428. The van der Waals surface area contributed by atoms with Crippen LogP contribution < -0.4 is 0 Å². The summed E-state index contributed by atoms with van der Waals surface area (Å²) in [5.74, 6) is 5.42. The first-order valence-corrected chi connectivity index (χ1v) is 7.92. The first kappa shape index (κ1) is 20.2. The van der Waals surface area contributed by atoms with Gasteiger partial charge in [-0.2, -0.15) is 0 Å². The first-order chi connectivity index (χ1) is 10.4. The summed E-state index contributed by atoms with van der Waals surface area (Å²) in [5, 5.41) is 0. The van der Waals surface area contributed by atoms with Gasteiger partial charge in [-0.05, 0) is 32.3 Å². The molecule has 0 aromatic carbocycles. The summed E-state index contributed by atoms with van der Waals surface area (Å²) in [6.45, 7) is 11.8. The fraction of sp³-hybridized carbons (Fsp3) is 0.667. The number of ether oxygens (including phenoxy) is 2. The Balaban J connectivity index is 4.41. The SMILES string of the molecule is C=C(C)C#CC(OC(=O)CCCC(=O)OCC)C(C)CCC. The van der Waals surface area contributed by atoms with E-state index in [0.29, 0.717) is 13.0 Å². The predicted molar refractivity (Wildman–Crippen MR) is 87.0 cm³/mol. The maximum Gasteiger partial charge on any atom is 0.307 e. The summed E-state index contributed by atoms with van der Waals surface area (Å²) < 4.78 is 10.3. The molecular formula is C18H28O4. The molecule has 0 aromatic rings. The number of carbonyl (C=O) groups excluding carboxylic acids is 2. The van der Waals surface area contributed by atoms with Gasteiger partial charge in [0.2, 0.25) is 0 Å². The van der Waals surface area contributed by atoms with Gasteiger partial charge in [-0.1, -0.05) is 38.7 Å². The van der Waals surface area contributed by atoms with E-state index in [-0.39, 0.29) is 30.7 Å². The Morgan fingerprint density at radius 2 is 1.82 bits per heavy atom. The molecule has 0 spiro atoms. The third-order valence-corrected chi connectivity index (χ3v) is 3.01. The number of hydrogen-bond donors (Lipinski definition) is 0. The van der Waals surface area contributed by atoms with E-state index in [9.17, 15) is 9.59 Å². The third kappa shape index (κ3) is 10.0. The van der Waals surface area contributed by atoms with E-state index >= 15 is 0 Å². The van der Waals surface area contributed by atoms with Gasteiger partial charge in [0.15, 0.2) is 6.10 Å². The van der Waals surface area contributed by atoms with Crippen molar-refractivity contribution < 1.29 is 19.1 Å². The number of allylic oxidation sites excluding steroid dienone is 1. The maximum atomic E-state index is 11.9. The zero-order valence-electron chi connectivity index (χ0n) is 14.2. The van der Waals surface area contributed by atoms with E-state index in [2.05, 4.69) is 25.3 Å². The quantitative estimate of drug-likeness (QED) is 0.482. The molecule has 4 nitrogen and oxygen atoms in total. The molecule has 0 rings (SSSR count). The summed E-state index contributed by atoms with van der Waals surface area (Å²) in [6.07, 6.45) is 2.38. The molecule has 0 aliphatic carbocycles. The number of esters is 2. The van der Waals surface area contributed by atoms with Crippen LogP contribution in [0.25, 0.3) is 0 Å². The topological polar surface area (TPSA) is 52.6 Å². The van der Waals surface area contributed by atoms with E-state index in [1.165, 1.54) is 0 Å². The molecule has 0 saturated heterocycles. The Kier molecular flexibility index (Phi) is 10.9. The average Bonchev–Trinajstić information content (AvgIpc) is 2.43. The van der Waals surface area contributed by atoms with Gasteiger partial charge in [0, 0.05) is 18.8 Å². The van der Waals surface area contributed by atoms with Crippen molar-refractivity contribution in [3.8, 4) is 11.8 Å². The van der Waals surface area contributed by atoms with Crippen LogP contribution >= 0.6 is 0 Å². The van der Waals surface area contributed by atoms with Crippen LogP contribution in [0, 0.1) is 17.8 Å². The van der Waals surface area contributed by atoms with Crippen LogP contribution in [-0.2, 0) is 19.1 Å². The van der Waals surface area contributed by atoms with Crippen molar-refractivity contribution in [3.63, 3.8) is 0 Å². The minimum Gasteiger partial charge on any atom is -0.466 e. The fourth-order valence-corrected chi connectivity index (χ4v) is 1.90. The van der Waals surface area contributed by atoms with E-state index in [0.717, 1.165) is 18.4 Å². The van der Waals surface area contributed by atoms with Crippen LogP contribution in [0.15, 0.2) is 12.2 Å². The number of carbonyl (C=O) groups is 2. The normalized spacial score (nSPS) is 12.5. The highest BCUT2D eigenvalue weighted by Gasteiger charge is 2.19. The molecule has 0 aliphatic heterocycles. The van der Waals surface area contributed by atoms with Crippen molar-refractivity contribution in [2.75, 3.05) is 6.61 Å². The molecule has 2 atom stereocenters. The van der Waals surface area contributed by atoms with Crippen LogP contribution in [0.5, 0.6) is 0 Å². The molecule has 22 heavy (non-hydrogen) atoms. The molecule has 124 valence electrons. The minimum atomic E-state index is -0.424. The van der Waals surface area contributed by atoms with Crippen molar-refractivity contribution in [2.24, 2.45) is 5.92 Å². The summed E-state index contributed by atoms with van der Waals surface area (Å²) in [5.41, 5.74) is 0.743. The van der Waals surface area contributed by atoms with Gasteiger partial charge >= 0.3 is 11.9 Å². The van der Waals surface area contributed by atoms with Gasteiger partial charge in [-0.25, -0.2) is 0 Å². The first-order valence-electron chi connectivity index (χ1n) is 7.92. The molecule has 0 heterocycles. The van der Waals surface area contributed by atoms with Crippen LogP contribution in [0.3, 0.4) is 0 Å². The highest BCUT2D eigenvalue weighted by atomic mass is 16.5. The van der Waals surface area contributed by atoms with Crippen LogP contribution in [-0.4, -0.2) is 24.6 Å². The Morgan fingerprint density at radius 3 is 2.36 bits per heavy atom.